The van der Waals surface area contributed by atoms with Crippen LogP contribution in [0.4, 0.5) is 30.8 Å². The molecule has 0 aliphatic heterocycles. The number of ether oxygens (including phenoxy) is 10. The number of hydrogen-bond acceptors (Lipinski definition) is 28. The molecule has 0 aromatic carbocycles. The minimum Gasteiger partial charge on any atom is -0.432 e. The first-order chi connectivity index (χ1) is 33.0. The van der Waals surface area contributed by atoms with E-state index in [9.17, 15) is 28.3 Å². The van der Waals surface area contributed by atoms with Crippen molar-refractivity contribution in [3.8, 4) is 0 Å². The summed E-state index contributed by atoms with van der Waals surface area (Å²) in [6.45, 7) is 14.0. The zero-order valence-corrected chi connectivity index (χ0v) is 42.0. The highest BCUT2D eigenvalue weighted by Gasteiger charge is 2.30. The van der Waals surface area contributed by atoms with Crippen LogP contribution in [0.1, 0.15) is 69.2 Å². The van der Waals surface area contributed by atoms with Crippen molar-refractivity contribution in [2.24, 2.45) is 0 Å². The molecular formula is C38H60N10O20P2. The lowest BCUT2D eigenvalue weighted by molar-refractivity contribution is -0.0390. The van der Waals surface area contributed by atoms with E-state index in [1.54, 1.807) is 78.4 Å². The van der Waals surface area contributed by atoms with Crippen molar-refractivity contribution in [1.29, 1.82) is 0 Å². The fraction of sp³-hybridized carbons (Fsp3) is 0.632. The summed E-state index contributed by atoms with van der Waals surface area (Å²) in [6, 6.07) is 0. The maximum Gasteiger partial charge on any atom is 0.510 e. The van der Waals surface area contributed by atoms with Gasteiger partial charge in [0.25, 0.3) is 0 Å². The van der Waals surface area contributed by atoms with Gasteiger partial charge >= 0.3 is 39.8 Å². The van der Waals surface area contributed by atoms with E-state index < -0.39 is 116 Å². The lowest BCUT2D eigenvalue weighted by atomic mass is 10.4. The number of hydrogen-bond donors (Lipinski definition) is 2. The predicted octanol–water partition coefficient (Wildman–Crippen LogP) is 6.07. The summed E-state index contributed by atoms with van der Waals surface area (Å²) in [7, 11) is -8.12. The zero-order valence-electron chi connectivity index (χ0n) is 40.2. The monoisotopic (exact) mass is 1040 g/mol. The maximum atomic E-state index is 13.1. The zero-order chi connectivity index (χ0) is 52.0. The van der Waals surface area contributed by atoms with Crippen LogP contribution in [0.15, 0.2) is 25.3 Å². The molecule has 0 radical (unpaired) electrons. The summed E-state index contributed by atoms with van der Waals surface area (Å²) in [4.78, 5) is 70.5. The first kappa shape index (κ1) is 58.3. The van der Waals surface area contributed by atoms with Crippen molar-refractivity contribution in [2.75, 3.05) is 51.3 Å². The summed E-state index contributed by atoms with van der Waals surface area (Å²) < 4.78 is 99.3. The molecule has 4 aromatic heterocycles. The van der Waals surface area contributed by atoms with Crippen molar-refractivity contribution in [3.63, 3.8) is 0 Å². The van der Waals surface area contributed by atoms with Crippen LogP contribution in [-0.2, 0) is 87.7 Å². The van der Waals surface area contributed by atoms with Gasteiger partial charge in [-0.15, -0.1) is 0 Å². The number of imidazole rings is 2. The number of aromatic nitrogens is 8. The van der Waals surface area contributed by atoms with Gasteiger partial charge in [0.1, 0.15) is 36.4 Å². The lowest BCUT2D eigenvalue weighted by Gasteiger charge is -2.21. The third-order valence-corrected chi connectivity index (χ3v) is 10.8. The molecule has 70 heavy (non-hydrogen) atoms. The molecule has 0 saturated heterocycles. The molecule has 32 heteroatoms. The Kier molecular flexibility index (Phi) is 23.8. The molecule has 0 saturated carbocycles. The van der Waals surface area contributed by atoms with Crippen molar-refractivity contribution in [1.82, 2.24) is 39.0 Å². The summed E-state index contributed by atoms with van der Waals surface area (Å²) in [6.07, 6.45) is -2.27. The van der Waals surface area contributed by atoms with E-state index in [2.05, 4.69) is 29.9 Å². The molecule has 2 atom stereocenters. The molecule has 4 heterocycles. The molecule has 0 amide bonds. The van der Waals surface area contributed by atoms with Crippen LogP contribution in [-0.4, -0.2) is 140 Å². The fourth-order valence-electron chi connectivity index (χ4n) is 4.91. The minimum atomic E-state index is -4.06. The largest absolute Gasteiger partial charge is 0.510 e. The van der Waals surface area contributed by atoms with E-state index in [4.69, 9.17) is 76.9 Å². The van der Waals surface area contributed by atoms with Crippen molar-refractivity contribution in [2.45, 2.75) is 119 Å². The normalized spacial score (nSPS) is 12.7. The number of carbonyl (C=O) groups excluding carboxylic acids is 4. The Balaban J connectivity index is 0.000000370. The standard InChI is InChI=1S/2C19H30N5O10P/c2*1-12(2)33-18(25)28-9-31-35(27,32-10-29-19(26)34-13(3)4)11-30-14(5)6-24-8-23-15-16(20)21-7-22-17(15)24/h2*7-8,12-14H,6,9-11H2,1-5H3,(H2,20,21,22)/t2*14-/m11/s1. The number of carbonyl (C=O) groups is 4. The van der Waals surface area contributed by atoms with Gasteiger partial charge in [0, 0.05) is 0 Å². The van der Waals surface area contributed by atoms with Gasteiger partial charge in [-0.05, 0) is 69.2 Å². The molecule has 0 aliphatic carbocycles. The van der Waals surface area contributed by atoms with Crippen LogP contribution in [0.3, 0.4) is 0 Å². The molecule has 392 valence electrons. The molecular weight excluding hydrogens is 978 g/mol. The molecule has 0 fully saturated rings. The first-order valence-corrected chi connectivity index (χ1v) is 24.6. The Bertz CT molecular complexity index is 2160. The van der Waals surface area contributed by atoms with Gasteiger partial charge in [-0.1, -0.05) is 0 Å². The van der Waals surface area contributed by atoms with E-state index >= 15 is 0 Å². The van der Waals surface area contributed by atoms with Crippen LogP contribution in [0.5, 0.6) is 0 Å². The summed E-state index contributed by atoms with van der Waals surface area (Å²) in [5.41, 5.74) is 13.4. The SMILES string of the molecule is CC(C)OC(=O)OCOP(=O)(CO[C@H](C)Cn1cnc2c(N)ncnc21)OCOC(=O)OC(C)C.CC(C)OC(=O)OCOP(=O)(CO[C@H](C)Cn1cnc2c(N)ncnc21)OCOC(=O)OC(C)C. The Morgan fingerprint density at radius 2 is 0.771 bits per heavy atom. The molecule has 4 aromatic rings. The number of nitrogens with two attached hydrogens (primary N) is 2. The third kappa shape index (κ3) is 21.3. The molecule has 4 N–H and O–H groups in total. The molecule has 30 nitrogen and oxygen atoms in total. The van der Waals surface area contributed by atoms with E-state index in [-0.39, 0.29) is 24.7 Å². The minimum absolute atomic E-state index is 0.237. The van der Waals surface area contributed by atoms with E-state index in [1.807, 2.05) is 0 Å². The van der Waals surface area contributed by atoms with Crippen molar-refractivity contribution < 1.29 is 93.8 Å². The number of nitrogens with zero attached hydrogens (tertiary/aromatic N) is 8. The van der Waals surface area contributed by atoms with Gasteiger partial charge < -0.3 is 68.0 Å². The van der Waals surface area contributed by atoms with Crippen molar-refractivity contribution >= 4 is 73.8 Å². The smallest absolute Gasteiger partial charge is 0.432 e. The van der Waals surface area contributed by atoms with Crippen molar-refractivity contribution in [3.05, 3.63) is 25.3 Å². The molecule has 0 unspecified atom stereocenters. The van der Waals surface area contributed by atoms with Gasteiger partial charge in [0.05, 0.1) is 62.4 Å². The molecule has 0 bridgehead atoms. The van der Waals surface area contributed by atoms with Crippen LogP contribution >= 0.6 is 15.2 Å². The molecule has 0 spiro atoms. The van der Waals surface area contributed by atoms with Crippen LogP contribution < -0.4 is 11.5 Å². The second-order valence-corrected chi connectivity index (χ2v) is 19.3. The summed E-state index contributed by atoms with van der Waals surface area (Å²) >= 11 is 0. The average Bonchev–Trinajstić information content (AvgIpc) is 3.86. The lowest BCUT2D eigenvalue weighted by Crippen LogP contribution is -2.20. The number of rotatable bonds is 26. The first-order valence-electron chi connectivity index (χ1n) is 21.1. The quantitative estimate of drug-likeness (QED) is 0.0312. The molecule has 4 rings (SSSR count). The topological polar surface area (TPSA) is 371 Å². The number of anilines is 2. The number of nitrogen functional groups attached to an aromatic ring is 2. The van der Waals surface area contributed by atoms with Gasteiger partial charge in [-0.25, -0.2) is 49.1 Å². The highest BCUT2D eigenvalue weighted by Crippen LogP contribution is 2.49. The van der Waals surface area contributed by atoms with Crippen LogP contribution in [0.2, 0.25) is 0 Å². The Morgan fingerprint density at radius 3 is 1.04 bits per heavy atom. The fourth-order valence-corrected chi connectivity index (χ4v) is 7.08. The maximum absolute atomic E-state index is 13.1. The van der Waals surface area contributed by atoms with Crippen LogP contribution in [0.25, 0.3) is 22.3 Å². The highest BCUT2D eigenvalue weighted by molar-refractivity contribution is 7.53. The highest BCUT2D eigenvalue weighted by atomic mass is 31.2. The second-order valence-electron chi connectivity index (χ2n) is 15.3. The summed E-state index contributed by atoms with van der Waals surface area (Å²) in [5, 5.41) is 0. The Labute approximate surface area is 401 Å². The average molecular weight is 1040 g/mol. The van der Waals surface area contributed by atoms with Gasteiger partial charge in [0.15, 0.2) is 22.9 Å². The van der Waals surface area contributed by atoms with Gasteiger partial charge in [0.2, 0.25) is 27.2 Å². The van der Waals surface area contributed by atoms with Crippen LogP contribution in [0, 0.1) is 0 Å². The Hall–Kier alpha value is -6.00. The predicted molar refractivity (Wildman–Crippen MR) is 240 cm³/mol. The van der Waals surface area contributed by atoms with E-state index in [0.29, 0.717) is 22.3 Å². The third-order valence-electron chi connectivity index (χ3n) is 7.83. The summed E-state index contributed by atoms with van der Waals surface area (Å²) in [5.74, 6) is 0.473. The van der Waals surface area contributed by atoms with E-state index in [0.717, 1.165) is 0 Å². The Morgan fingerprint density at radius 1 is 0.486 bits per heavy atom. The van der Waals surface area contributed by atoms with E-state index in [1.165, 1.54) is 25.3 Å². The van der Waals surface area contributed by atoms with Gasteiger partial charge in [-0.2, -0.15) is 0 Å². The second kappa shape index (κ2) is 28.6. The van der Waals surface area contributed by atoms with Gasteiger partial charge in [-0.3, -0.25) is 27.2 Å². The molecule has 0 aliphatic rings. The number of fused-ring (bicyclic) bond motifs is 2.